The highest BCUT2D eigenvalue weighted by molar-refractivity contribution is 7.99. The quantitative estimate of drug-likeness (QED) is 0.180. The zero-order chi connectivity index (χ0) is 27.4. The van der Waals surface area contributed by atoms with Gasteiger partial charge in [-0.2, -0.15) is 13.2 Å². The molecule has 0 aliphatic carbocycles. The van der Waals surface area contributed by atoms with Gasteiger partial charge < -0.3 is 15.2 Å². The molecule has 0 spiro atoms. The second-order valence-electron chi connectivity index (χ2n) is 8.60. The van der Waals surface area contributed by atoms with Crippen LogP contribution in [0.3, 0.4) is 0 Å². The molecule has 0 aliphatic rings. The van der Waals surface area contributed by atoms with E-state index in [-0.39, 0.29) is 0 Å². The Hall–Kier alpha value is -2.88. The van der Waals surface area contributed by atoms with Crippen LogP contribution in [0.15, 0.2) is 41.4 Å². The van der Waals surface area contributed by atoms with Crippen LogP contribution in [0.5, 0.6) is 5.75 Å². The molecule has 3 aromatic rings. The van der Waals surface area contributed by atoms with Gasteiger partial charge in [0.15, 0.2) is 0 Å². The number of aliphatic carboxylic acids is 1. The number of carbonyl (C=O) groups is 1. The smallest absolute Gasteiger partial charge is 0.490 e. The number of aromatic nitrogens is 2. The van der Waals surface area contributed by atoms with Gasteiger partial charge in [-0.25, -0.2) is 9.78 Å². The van der Waals surface area contributed by atoms with E-state index in [2.05, 4.69) is 67.0 Å². The Bertz CT molecular complexity index is 1150. The number of aryl methyl sites for hydroxylation is 1. The lowest BCUT2D eigenvalue weighted by molar-refractivity contribution is -0.192. The van der Waals surface area contributed by atoms with E-state index >= 15 is 0 Å². The van der Waals surface area contributed by atoms with Gasteiger partial charge in [-0.1, -0.05) is 45.6 Å². The van der Waals surface area contributed by atoms with Crippen molar-refractivity contribution >= 4 is 29.2 Å². The van der Waals surface area contributed by atoms with Crippen molar-refractivity contribution in [1.29, 1.82) is 0 Å². The topological polar surface area (TPSA) is 75.9 Å². The number of carboxylic acids is 1. The predicted molar refractivity (Wildman–Crippen MR) is 144 cm³/mol. The molecule has 0 bridgehead atoms. The van der Waals surface area contributed by atoms with Crippen molar-refractivity contribution in [3.05, 3.63) is 42.1 Å². The Kier molecular flexibility index (Phi) is 12.1. The van der Waals surface area contributed by atoms with E-state index in [4.69, 9.17) is 19.6 Å². The van der Waals surface area contributed by atoms with Gasteiger partial charge in [0, 0.05) is 18.3 Å². The Balaban J connectivity index is 0.000000604. The fraction of sp³-hybridized carbons (Fsp3) is 0.481. The van der Waals surface area contributed by atoms with Gasteiger partial charge in [0.1, 0.15) is 22.9 Å². The summed E-state index contributed by atoms with van der Waals surface area (Å²) in [7, 11) is 1.75. The van der Waals surface area contributed by atoms with Gasteiger partial charge >= 0.3 is 12.1 Å². The summed E-state index contributed by atoms with van der Waals surface area (Å²) < 4.78 is 39.6. The first-order valence-electron chi connectivity index (χ1n) is 12.5. The van der Waals surface area contributed by atoms with Crippen LogP contribution in [-0.4, -0.2) is 46.0 Å². The number of carboxylic acid groups (broad SMARTS) is 1. The Labute approximate surface area is 220 Å². The van der Waals surface area contributed by atoms with Crippen molar-refractivity contribution < 1.29 is 27.8 Å². The number of rotatable bonds is 12. The standard InChI is InChI=1S/C25H35N3OS.C2HF3O2/c1-5-7-9-10-16-30-22-17-20(12-13-21(22)29-4)24-25(26-15-8-6-2)28-18-19(3)11-14-23(28)27-24;3-2(4,5)1(6)7/h11-14,17-18,26H,5-10,15-16H2,1-4H3;(H,6,7). The summed E-state index contributed by atoms with van der Waals surface area (Å²) >= 11 is 1.89. The maximum absolute atomic E-state index is 10.6. The Morgan fingerprint density at radius 2 is 1.81 bits per heavy atom. The van der Waals surface area contributed by atoms with Gasteiger partial charge in [0.2, 0.25) is 0 Å². The van der Waals surface area contributed by atoms with Crippen molar-refractivity contribution in [2.24, 2.45) is 0 Å². The van der Waals surface area contributed by atoms with Crippen LogP contribution in [0.25, 0.3) is 16.9 Å². The van der Waals surface area contributed by atoms with Crippen molar-refractivity contribution in [2.45, 2.75) is 70.4 Å². The number of nitrogens with one attached hydrogen (secondary N) is 1. The summed E-state index contributed by atoms with van der Waals surface area (Å²) in [4.78, 5) is 15.1. The number of thioether (sulfide) groups is 1. The normalized spacial score (nSPS) is 11.2. The zero-order valence-electron chi connectivity index (χ0n) is 21.8. The maximum Gasteiger partial charge on any atom is 0.490 e. The number of alkyl halides is 3. The number of hydrogen-bond donors (Lipinski definition) is 2. The van der Waals surface area contributed by atoms with E-state index in [0.29, 0.717) is 0 Å². The third-order valence-electron chi connectivity index (χ3n) is 5.52. The summed E-state index contributed by atoms with van der Waals surface area (Å²) in [6, 6.07) is 10.7. The summed E-state index contributed by atoms with van der Waals surface area (Å²) in [6.45, 7) is 7.53. The lowest BCUT2D eigenvalue weighted by Gasteiger charge is -2.12. The summed E-state index contributed by atoms with van der Waals surface area (Å²) in [5.74, 6) is 0.379. The van der Waals surface area contributed by atoms with Gasteiger partial charge in [-0.15, -0.1) is 11.8 Å². The van der Waals surface area contributed by atoms with E-state index in [1.807, 2.05) is 11.8 Å². The maximum atomic E-state index is 10.6. The number of halogens is 3. The molecule has 6 nitrogen and oxygen atoms in total. The minimum atomic E-state index is -5.08. The number of hydrogen-bond acceptors (Lipinski definition) is 5. The van der Waals surface area contributed by atoms with Crippen molar-refractivity contribution in [3.63, 3.8) is 0 Å². The molecule has 0 radical (unpaired) electrons. The second kappa shape index (κ2) is 14.8. The molecular weight excluding hydrogens is 503 g/mol. The first-order chi connectivity index (χ1) is 17.6. The number of benzene rings is 1. The predicted octanol–water partition coefficient (Wildman–Crippen LogP) is 7.84. The Morgan fingerprint density at radius 3 is 2.43 bits per heavy atom. The fourth-order valence-electron chi connectivity index (χ4n) is 3.55. The van der Waals surface area contributed by atoms with Gasteiger partial charge in [-0.3, -0.25) is 4.40 Å². The average Bonchev–Trinajstić information content (AvgIpc) is 3.21. The van der Waals surface area contributed by atoms with E-state index in [1.165, 1.54) is 42.6 Å². The van der Waals surface area contributed by atoms with Crippen molar-refractivity contribution in [3.8, 4) is 17.0 Å². The molecule has 10 heteroatoms. The third kappa shape index (κ3) is 9.18. The summed E-state index contributed by atoms with van der Waals surface area (Å²) in [5, 5.41) is 10.8. The molecule has 2 aromatic heterocycles. The lowest BCUT2D eigenvalue weighted by Crippen LogP contribution is -2.21. The van der Waals surface area contributed by atoms with Crippen molar-refractivity contribution in [1.82, 2.24) is 9.38 Å². The molecule has 3 rings (SSSR count). The van der Waals surface area contributed by atoms with E-state index in [0.717, 1.165) is 47.2 Å². The van der Waals surface area contributed by atoms with Crippen LogP contribution in [0, 0.1) is 6.92 Å². The molecule has 0 saturated carbocycles. The average molecular weight is 540 g/mol. The van der Waals surface area contributed by atoms with Crippen LogP contribution in [0.2, 0.25) is 0 Å². The van der Waals surface area contributed by atoms with E-state index in [1.54, 1.807) is 7.11 Å². The molecular formula is C27H36F3N3O3S. The van der Waals surface area contributed by atoms with Gasteiger partial charge in [0.05, 0.1) is 12.0 Å². The first-order valence-corrected chi connectivity index (χ1v) is 13.4. The van der Waals surface area contributed by atoms with Crippen molar-refractivity contribution in [2.75, 3.05) is 24.7 Å². The third-order valence-corrected chi connectivity index (χ3v) is 6.65. The molecule has 0 amide bonds. The fourth-order valence-corrected chi connectivity index (χ4v) is 4.62. The van der Waals surface area contributed by atoms with Gasteiger partial charge in [0.25, 0.3) is 0 Å². The largest absolute Gasteiger partial charge is 0.496 e. The van der Waals surface area contributed by atoms with Crippen LogP contribution in [0.4, 0.5) is 19.0 Å². The minimum Gasteiger partial charge on any atom is -0.496 e. The molecule has 0 fully saturated rings. The highest BCUT2D eigenvalue weighted by atomic mass is 32.2. The van der Waals surface area contributed by atoms with E-state index < -0.39 is 12.1 Å². The zero-order valence-corrected chi connectivity index (χ0v) is 22.6. The number of methoxy groups -OCH3 is 1. The highest BCUT2D eigenvalue weighted by Crippen LogP contribution is 2.37. The summed E-state index contributed by atoms with van der Waals surface area (Å²) in [5.41, 5.74) is 4.33. The minimum absolute atomic E-state index is 0.944. The molecule has 37 heavy (non-hydrogen) atoms. The molecule has 204 valence electrons. The number of fused-ring (bicyclic) bond motifs is 1. The van der Waals surface area contributed by atoms with Crippen LogP contribution < -0.4 is 10.1 Å². The number of ether oxygens (including phenoxy) is 1. The lowest BCUT2D eigenvalue weighted by atomic mass is 10.1. The van der Waals surface area contributed by atoms with Crippen LogP contribution in [-0.2, 0) is 4.79 Å². The highest BCUT2D eigenvalue weighted by Gasteiger charge is 2.38. The number of unbranched alkanes of at least 4 members (excludes halogenated alkanes) is 4. The SMILES string of the molecule is CCCCCCSc1cc(-c2nc3ccc(C)cn3c2NCCCC)ccc1OC.O=C(O)C(F)(F)F. The molecule has 0 unspecified atom stereocenters. The van der Waals surface area contributed by atoms with Crippen LogP contribution >= 0.6 is 11.8 Å². The summed E-state index contributed by atoms with van der Waals surface area (Å²) in [6.07, 6.45) is 4.49. The van der Waals surface area contributed by atoms with Gasteiger partial charge in [-0.05, 0) is 55.3 Å². The Morgan fingerprint density at radius 1 is 1.11 bits per heavy atom. The number of nitrogens with zero attached hydrogens (tertiary/aromatic N) is 2. The van der Waals surface area contributed by atoms with Crippen LogP contribution in [0.1, 0.15) is 57.9 Å². The number of imidazole rings is 1. The molecule has 2 N–H and O–H groups in total. The van der Waals surface area contributed by atoms with E-state index in [9.17, 15) is 13.2 Å². The molecule has 1 aromatic carbocycles. The molecule has 2 heterocycles. The number of anilines is 1. The molecule has 0 atom stereocenters. The second-order valence-corrected chi connectivity index (χ2v) is 9.74. The monoisotopic (exact) mass is 539 g/mol. The molecule has 0 saturated heterocycles. The number of pyridine rings is 1. The first kappa shape index (κ1) is 30.3. The molecule has 0 aliphatic heterocycles.